The standard InChI is InChI=1S/C28H34N6O3/c1-20-15-22-16-23(9-10-25(22)37-20)31-28(30-18-21-7-6-11-29-17-21)32-24-8-2-3-14-34(27(24)36)19-26(35)33-12-4-5-13-33/h6-7,9-11,15-17,24H,2-5,8,12-14,18-19H2,1H3,(H2,30,31,32)/t24-/m0/s1. The largest absolute Gasteiger partial charge is 0.461 e. The van der Waals surface area contributed by atoms with Gasteiger partial charge in [0.05, 0.1) is 13.1 Å². The highest BCUT2D eigenvalue weighted by Gasteiger charge is 2.30. The Morgan fingerprint density at radius 1 is 1.14 bits per heavy atom. The van der Waals surface area contributed by atoms with Crippen molar-refractivity contribution >= 4 is 34.4 Å². The van der Waals surface area contributed by atoms with E-state index in [1.807, 2.05) is 48.2 Å². The van der Waals surface area contributed by atoms with Crippen molar-refractivity contribution in [2.24, 2.45) is 4.99 Å². The van der Waals surface area contributed by atoms with Gasteiger partial charge in [-0.2, -0.15) is 0 Å². The number of carbonyl (C=O) groups excluding carboxylic acids is 2. The van der Waals surface area contributed by atoms with Crippen LogP contribution in [-0.2, 0) is 16.1 Å². The first-order valence-corrected chi connectivity index (χ1v) is 13.1. The first-order valence-electron chi connectivity index (χ1n) is 13.1. The Morgan fingerprint density at radius 3 is 2.78 bits per heavy atom. The summed E-state index contributed by atoms with van der Waals surface area (Å²) in [5.74, 6) is 1.35. The average molecular weight is 503 g/mol. The normalized spacial score (nSPS) is 18.8. The molecule has 0 aliphatic carbocycles. The topological polar surface area (TPSA) is 103 Å². The number of guanidine groups is 1. The van der Waals surface area contributed by atoms with Crippen LogP contribution in [0.2, 0.25) is 0 Å². The number of nitrogens with one attached hydrogen (secondary N) is 2. The van der Waals surface area contributed by atoms with Crippen molar-refractivity contribution < 1.29 is 14.0 Å². The molecule has 2 fully saturated rings. The van der Waals surface area contributed by atoms with Crippen LogP contribution in [0.15, 0.2) is 58.2 Å². The quantitative estimate of drug-likeness (QED) is 0.394. The second kappa shape index (κ2) is 11.5. The zero-order valence-corrected chi connectivity index (χ0v) is 21.3. The molecule has 2 amide bonds. The van der Waals surface area contributed by atoms with Crippen molar-refractivity contribution in [2.45, 2.75) is 51.6 Å². The molecule has 0 unspecified atom stereocenters. The lowest BCUT2D eigenvalue weighted by atomic mass is 10.1. The molecule has 2 aliphatic rings. The summed E-state index contributed by atoms with van der Waals surface area (Å²) in [6.45, 7) is 4.66. The molecule has 0 radical (unpaired) electrons. The number of hydrogen-bond acceptors (Lipinski definition) is 5. The van der Waals surface area contributed by atoms with E-state index in [9.17, 15) is 9.59 Å². The van der Waals surface area contributed by atoms with Crippen LogP contribution in [0.3, 0.4) is 0 Å². The van der Waals surface area contributed by atoms with Crippen molar-refractivity contribution in [2.75, 3.05) is 31.5 Å². The molecule has 2 N–H and O–H groups in total. The SMILES string of the molecule is Cc1cc2cc(NC(=NCc3cccnc3)N[C@H]3CCCCN(CC(=O)N4CCCC4)C3=O)ccc2o1. The number of pyridine rings is 1. The number of nitrogens with zero attached hydrogens (tertiary/aromatic N) is 4. The summed E-state index contributed by atoms with van der Waals surface area (Å²) in [6, 6.07) is 11.2. The van der Waals surface area contributed by atoms with Gasteiger partial charge in [0.15, 0.2) is 5.96 Å². The van der Waals surface area contributed by atoms with E-state index < -0.39 is 6.04 Å². The van der Waals surface area contributed by atoms with Crippen LogP contribution < -0.4 is 10.6 Å². The highest BCUT2D eigenvalue weighted by molar-refractivity contribution is 5.99. The van der Waals surface area contributed by atoms with Crippen LogP contribution in [0.25, 0.3) is 11.0 Å². The molecule has 1 atom stereocenters. The van der Waals surface area contributed by atoms with Crippen molar-refractivity contribution in [3.8, 4) is 0 Å². The molecule has 0 bridgehead atoms. The van der Waals surface area contributed by atoms with Gasteiger partial charge < -0.3 is 24.9 Å². The van der Waals surface area contributed by atoms with Crippen LogP contribution in [0.1, 0.15) is 43.4 Å². The molecule has 0 spiro atoms. The van der Waals surface area contributed by atoms with E-state index in [4.69, 9.17) is 9.41 Å². The Morgan fingerprint density at radius 2 is 1.97 bits per heavy atom. The second-order valence-corrected chi connectivity index (χ2v) is 9.80. The zero-order chi connectivity index (χ0) is 25.6. The van der Waals surface area contributed by atoms with Gasteiger partial charge in [0.1, 0.15) is 17.4 Å². The average Bonchev–Trinajstić information content (AvgIpc) is 3.54. The van der Waals surface area contributed by atoms with Crippen molar-refractivity contribution in [3.05, 3.63) is 60.1 Å². The van der Waals surface area contributed by atoms with E-state index in [1.54, 1.807) is 17.3 Å². The lowest BCUT2D eigenvalue weighted by molar-refractivity contribution is -0.140. The first kappa shape index (κ1) is 24.8. The molecule has 194 valence electrons. The molecule has 2 aromatic heterocycles. The Hall–Kier alpha value is -3.88. The smallest absolute Gasteiger partial charge is 0.245 e. The molecule has 3 aromatic rings. The molecule has 1 aromatic carbocycles. The van der Waals surface area contributed by atoms with Gasteiger partial charge in [-0.3, -0.25) is 14.6 Å². The highest BCUT2D eigenvalue weighted by atomic mass is 16.3. The van der Waals surface area contributed by atoms with E-state index in [-0.39, 0.29) is 18.4 Å². The summed E-state index contributed by atoms with van der Waals surface area (Å²) in [6.07, 6.45) is 8.05. The van der Waals surface area contributed by atoms with Crippen molar-refractivity contribution in [1.29, 1.82) is 0 Å². The van der Waals surface area contributed by atoms with Gasteiger partial charge in [-0.1, -0.05) is 6.07 Å². The van der Waals surface area contributed by atoms with Crippen LogP contribution in [0, 0.1) is 6.92 Å². The molecule has 5 rings (SSSR count). The molecule has 37 heavy (non-hydrogen) atoms. The fourth-order valence-corrected chi connectivity index (χ4v) is 4.96. The molecular weight excluding hydrogens is 468 g/mol. The van der Waals surface area contributed by atoms with Crippen LogP contribution >= 0.6 is 0 Å². The number of amides is 2. The van der Waals surface area contributed by atoms with Crippen LogP contribution in [0.4, 0.5) is 5.69 Å². The summed E-state index contributed by atoms with van der Waals surface area (Å²) in [5.41, 5.74) is 2.63. The number of furan rings is 1. The Bertz CT molecular complexity index is 1270. The third kappa shape index (κ3) is 6.28. The van der Waals surface area contributed by atoms with Gasteiger partial charge in [0, 0.05) is 43.1 Å². The van der Waals surface area contributed by atoms with Gasteiger partial charge in [-0.05, 0) is 74.9 Å². The predicted octanol–water partition coefficient (Wildman–Crippen LogP) is 3.70. The molecular formula is C28H34N6O3. The fraction of sp³-hybridized carbons (Fsp3) is 0.429. The van der Waals surface area contributed by atoms with E-state index in [0.717, 1.165) is 66.8 Å². The van der Waals surface area contributed by atoms with Gasteiger partial charge in [0.25, 0.3) is 0 Å². The maximum absolute atomic E-state index is 13.5. The maximum Gasteiger partial charge on any atom is 0.245 e. The van der Waals surface area contributed by atoms with E-state index in [2.05, 4.69) is 15.6 Å². The second-order valence-electron chi connectivity index (χ2n) is 9.80. The number of benzene rings is 1. The zero-order valence-electron chi connectivity index (χ0n) is 21.3. The summed E-state index contributed by atoms with van der Waals surface area (Å²) in [4.78, 5) is 38.8. The number of likely N-dealkylation sites (tertiary alicyclic amines) is 2. The molecule has 9 heteroatoms. The van der Waals surface area contributed by atoms with Gasteiger partial charge in [0.2, 0.25) is 11.8 Å². The Kier molecular flexibility index (Phi) is 7.67. The maximum atomic E-state index is 13.5. The van der Waals surface area contributed by atoms with Gasteiger partial charge in [-0.15, -0.1) is 0 Å². The fourth-order valence-electron chi connectivity index (χ4n) is 4.96. The van der Waals surface area contributed by atoms with Crippen LogP contribution in [0.5, 0.6) is 0 Å². The lowest BCUT2D eigenvalue weighted by Crippen LogP contribution is -2.51. The number of fused-ring (bicyclic) bond motifs is 1. The molecule has 0 saturated carbocycles. The predicted molar refractivity (Wildman–Crippen MR) is 143 cm³/mol. The molecule has 2 saturated heterocycles. The number of aliphatic imine (C=N–C) groups is 1. The number of aromatic nitrogens is 1. The van der Waals surface area contributed by atoms with Crippen molar-refractivity contribution in [1.82, 2.24) is 20.1 Å². The number of rotatable bonds is 6. The third-order valence-electron chi connectivity index (χ3n) is 6.92. The van der Waals surface area contributed by atoms with E-state index in [0.29, 0.717) is 25.5 Å². The summed E-state index contributed by atoms with van der Waals surface area (Å²) in [5, 5.41) is 7.73. The first-order chi connectivity index (χ1) is 18.0. The summed E-state index contributed by atoms with van der Waals surface area (Å²) in [7, 11) is 0. The molecule has 2 aliphatic heterocycles. The Labute approximate surface area is 216 Å². The van der Waals surface area contributed by atoms with E-state index >= 15 is 0 Å². The third-order valence-corrected chi connectivity index (χ3v) is 6.92. The van der Waals surface area contributed by atoms with E-state index in [1.165, 1.54) is 0 Å². The Balaban J connectivity index is 1.33. The summed E-state index contributed by atoms with van der Waals surface area (Å²) >= 11 is 0. The lowest BCUT2D eigenvalue weighted by Gasteiger charge is -2.27. The highest BCUT2D eigenvalue weighted by Crippen LogP contribution is 2.23. The molecule has 9 nitrogen and oxygen atoms in total. The van der Waals surface area contributed by atoms with Crippen LogP contribution in [-0.4, -0.2) is 64.8 Å². The minimum Gasteiger partial charge on any atom is -0.461 e. The van der Waals surface area contributed by atoms with Gasteiger partial charge >= 0.3 is 0 Å². The molecule has 4 heterocycles. The van der Waals surface area contributed by atoms with Crippen molar-refractivity contribution in [3.63, 3.8) is 0 Å². The monoisotopic (exact) mass is 502 g/mol. The van der Waals surface area contributed by atoms with Gasteiger partial charge in [-0.25, -0.2) is 4.99 Å². The number of carbonyl (C=O) groups is 2. The number of anilines is 1. The minimum atomic E-state index is -0.464. The number of hydrogen-bond donors (Lipinski definition) is 2. The number of aryl methyl sites for hydroxylation is 1. The summed E-state index contributed by atoms with van der Waals surface area (Å²) < 4.78 is 5.70. The minimum absolute atomic E-state index is 0.0406.